The molecule has 1 amide bonds. The molecule has 0 aliphatic carbocycles. The lowest BCUT2D eigenvalue weighted by molar-refractivity contribution is -0.117. The van der Waals surface area contributed by atoms with Crippen LogP contribution >= 0.6 is 10.7 Å². The largest absolute Gasteiger partial charge is 0.497 e. The van der Waals surface area contributed by atoms with Gasteiger partial charge in [-0.3, -0.25) is 4.79 Å². The first-order valence-electron chi connectivity index (χ1n) is 5.76. The molecule has 1 aliphatic rings. The fourth-order valence-corrected chi connectivity index (χ4v) is 3.51. The first-order valence-corrected chi connectivity index (χ1v) is 8.23. The van der Waals surface area contributed by atoms with Crippen LogP contribution in [0.4, 0.5) is 5.69 Å². The molecule has 1 aromatic carbocycles. The van der Waals surface area contributed by atoms with E-state index in [1.807, 2.05) is 0 Å². The molecular weight excluding hydrogens is 290 g/mol. The zero-order valence-corrected chi connectivity index (χ0v) is 11.9. The fraction of sp³-hybridized carbons (Fsp3) is 0.417. The van der Waals surface area contributed by atoms with Crippen LogP contribution in [-0.2, 0) is 13.8 Å². The van der Waals surface area contributed by atoms with Crippen LogP contribution in [0.25, 0.3) is 0 Å². The Morgan fingerprint density at radius 3 is 2.53 bits per heavy atom. The van der Waals surface area contributed by atoms with Crippen molar-refractivity contribution in [3.05, 3.63) is 24.3 Å². The predicted molar refractivity (Wildman–Crippen MR) is 73.1 cm³/mol. The highest BCUT2D eigenvalue weighted by Crippen LogP contribution is 2.27. The van der Waals surface area contributed by atoms with Gasteiger partial charge in [0.2, 0.25) is 15.0 Å². The number of carbonyl (C=O) groups excluding carboxylic acids is 1. The summed E-state index contributed by atoms with van der Waals surface area (Å²) in [7, 11) is 3.21. The summed E-state index contributed by atoms with van der Waals surface area (Å²) in [6, 6.07) is 7.06. The van der Waals surface area contributed by atoms with Crippen molar-refractivity contribution < 1.29 is 17.9 Å². The Morgan fingerprint density at radius 1 is 1.37 bits per heavy atom. The molecule has 7 heteroatoms. The van der Waals surface area contributed by atoms with E-state index in [0.29, 0.717) is 12.3 Å². The third-order valence-corrected chi connectivity index (χ3v) is 4.27. The molecule has 1 unspecified atom stereocenters. The highest BCUT2D eigenvalue weighted by atomic mass is 35.7. The molecule has 0 saturated carbocycles. The monoisotopic (exact) mass is 303 g/mol. The third-order valence-electron chi connectivity index (χ3n) is 3.02. The smallest absolute Gasteiger partial charge is 0.232 e. The van der Waals surface area contributed by atoms with Crippen LogP contribution in [-0.4, -0.2) is 33.7 Å². The van der Waals surface area contributed by atoms with E-state index in [0.717, 1.165) is 5.69 Å². The van der Waals surface area contributed by atoms with Crippen LogP contribution in [0.1, 0.15) is 6.42 Å². The molecule has 1 aromatic rings. The quantitative estimate of drug-likeness (QED) is 0.793. The van der Waals surface area contributed by atoms with Crippen LogP contribution < -0.4 is 9.64 Å². The molecule has 1 heterocycles. The van der Waals surface area contributed by atoms with Crippen LogP contribution in [0, 0.1) is 5.92 Å². The number of hydrogen-bond donors (Lipinski definition) is 0. The normalized spacial score (nSPS) is 19.8. The Balaban J connectivity index is 2.11. The van der Waals surface area contributed by atoms with E-state index < -0.39 is 9.05 Å². The summed E-state index contributed by atoms with van der Waals surface area (Å²) in [6.07, 6.45) is 0.206. The zero-order chi connectivity index (χ0) is 14.0. The van der Waals surface area contributed by atoms with Gasteiger partial charge in [0, 0.05) is 35.3 Å². The maximum atomic E-state index is 11.9. The number of carbonyl (C=O) groups is 1. The number of rotatable bonds is 4. The van der Waals surface area contributed by atoms with E-state index in [1.165, 1.54) is 0 Å². The summed E-state index contributed by atoms with van der Waals surface area (Å²) in [4.78, 5) is 13.5. The van der Waals surface area contributed by atoms with E-state index >= 15 is 0 Å². The van der Waals surface area contributed by atoms with Gasteiger partial charge < -0.3 is 9.64 Å². The molecular formula is C12H14ClNO4S. The van der Waals surface area contributed by atoms with Gasteiger partial charge in [0.05, 0.1) is 12.9 Å². The maximum Gasteiger partial charge on any atom is 0.232 e. The predicted octanol–water partition coefficient (Wildman–Crippen LogP) is 1.62. The molecule has 1 saturated heterocycles. The van der Waals surface area contributed by atoms with E-state index in [-0.39, 0.29) is 24.0 Å². The molecule has 0 spiro atoms. The lowest BCUT2D eigenvalue weighted by Crippen LogP contribution is -2.25. The molecule has 0 N–H and O–H groups in total. The van der Waals surface area contributed by atoms with Crippen molar-refractivity contribution >= 4 is 31.3 Å². The first-order chi connectivity index (χ1) is 8.89. The minimum Gasteiger partial charge on any atom is -0.497 e. The number of amides is 1. The summed E-state index contributed by atoms with van der Waals surface area (Å²) in [5.41, 5.74) is 0.736. The van der Waals surface area contributed by atoms with Crippen molar-refractivity contribution in [2.24, 2.45) is 5.92 Å². The molecule has 19 heavy (non-hydrogen) atoms. The lowest BCUT2D eigenvalue weighted by atomic mass is 10.1. The average molecular weight is 304 g/mol. The molecule has 104 valence electrons. The second-order valence-electron chi connectivity index (χ2n) is 4.48. The van der Waals surface area contributed by atoms with Crippen molar-refractivity contribution in [3.8, 4) is 5.75 Å². The van der Waals surface area contributed by atoms with E-state index in [4.69, 9.17) is 15.4 Å². The number of halogens is 1. The number of anilines is 1. The number of ether oxygens (including phenoxy) is 1. The number of hydrogen-bond acceptors (Lipinski definition) is 4. The van der Waals surface area contributed by atoms with Crippen LogP contribution in [0.3, 0.4) is 0 Å². The summed E-state index contributed by atoms with van der Waals surface area (Å²) in [6.45, 7) is 0.372. The topological polar surface area (TPSA) is 63.7 Å². The van der Waals surface area contributed by atoms with E-state index in [2.05, 4.69) is 0 Å². The van der Waals surface area contributed by atoms with Crippen LogP contribution in [0.5, 0.6) is 5.75 Å². The number of methoxy groups -OCH3 is 1. The number of benzene rings is 1. The van der Waals surface area contributed by atoms with Crippen LogP contribution in [0.2, 0.25) is 0 Å². The molecule has 0 radical (unpaired) electrons. The highest BCUT2D eigenvalue weighted by Gasteiger charge is 2.33. The second-order valence-corrected chi connectivity index (χ2v) is 7.30. The maximum absolute atomic E-state index is 11.9. The first kappa shape index (κ1) is 14.1. The summed E-state index contributed by atoms with van der Waals surface area (Å²) >= 11 is 0. The van der Waals surface area contributed by atoms with Crippen molar-refractivity contribution in [3.63, 3.8) is 0 Å². The van der Waals surface area contributed by atoms with Gasteiger partial charge in [-0.25, -0.2) is 8.42 Å². The van der Waals surface area contributed by atoms with E-state index in [9.17, 15) is 13.2 Å². The van der Waals surface area contributed by atoms with E-state index in [1.54, 1.807) is 36.3 Å². The van der Waals surface area contributed by atoms with Gasteiger partial charge in [-0.15, -0.1) is 0 Å². The van der Waals surface area contributed by atoms with Crippen LogP contribution in [0.15, 0.2) is 24.3 Å². The molecule has 1 aliphatic heterocycles. The minimum atomic E-state index is -3.57. The SMILES string of the molecule is COc1ccc(N2CC(CS(=O)(=O)Cl)CC2=O)cc1. The van der Waals surface area contributed by atoms with Crippen molar-refractivity contribution in [1.29, 1.82) is 0 Å². The molecule has 5 nitrogen and oxygen atoms in total. The lowest BCUT2D eigenvalue weighted by Gasteiger charge is -2.16. The third kappa shape index (κ3) is 3.61. The van der Waals surface area contributed by atoms with Gasteiger partial charge in [-0.2, -0.15) is 0 Å². The molecule has 0 bridgehead atoms. The fourth-order valence-electron chi connectivity index (χ4n) is 2.19. The Hall–Kier alpha value is -1.27. The van der Waals surface area contributed by atoms with Gasteiger partial charge in [-0.05, 0) is 24.3 Å². The number of nitrogens with zero attached hydrogens (tertiary/aromatic N) is 1. The highest BCUT2D eigenvalue weighted by molar-refractivity contribution is 8.13. The Bertz CT molecular complexity index is 570. The standard InChI is InChI=1S/C12H14ClNO4S/c1-18-11-4-2-10(3-5-11)14-7-9(6-12(14)15)8-19(13,16)17/h2-5,9H,6-8H2,1H3. The Morgan fingerprint density at radius 2 is 2.00 bits per heavy atom. The summed E-state index contributed by atoms with van der Waals surface area (Å²) < 4.78 is 27.1. The summed E-state index contributed by atoms with van der Waals surface area (Å²) in [5.74, 6) is 0.190. The van der Waals surface area contributed by atoms with Crippen molar-refractivity contribution in [2.75, 3.05) is 24.3 Å². The Labute approximate surface area is 116 Å². The second kappa shape index (κ2) is 5.38. The molecule has 0 aromatic heterocycles. The van der Waals surface area contributed by atoms with Gasteiger partial charge in [-0.1, -0.05) is 0 Å². The van der Waals surface area contributed by atoms with Gasteiger partial charge >= 0.3 is 0 Å². The van der Waals surface area contributed by atoms with Gasteiger partial charge in [0.15, 0.2) is 0 Å². The summed E-state index contributed by atoms with van der Waals surface area (Å²) in [5, 5.41) is 0. The van der Waals surface area contributed by atoms with Gasteiger partial charge in [0.1, 0.15) is 5.75 Å². The zero-order valence-electron chi connectivity index (χ0n) is 10.4. The molecule has 2 rings (SSSR count). The Kier molecular flexibility index (Phi) is 4.01. The molecule has 1 fully saturated rings. The van der Waals surface area contributed by atoms with Gasteiger partial charge in [0.25, 0.3) is 0 Å². The molecule has 1 atom stereocenters. The van der Waals surface area contributed by atoms with Crippen molar-refractivity contribution in [2.45, 2.75) is 6.42 Å². The van der Waals surface area contributed by atoms with Crippen molar-refractivity contribution in [1.82, 2.24) is 0 Å². The average Bonchev–Trinajstić information content (AvgIpc) is 2.68. The minimum absolute atomic E-state index is 0.0875.